The molecule has 3 heteroatoms. The summed E-state index contributed by atoms with van der Waals surface area (Å²) in [5, 5.41) is 2.66. The van der Waals surface area contributed by atoms with Crippen molar-refractivity contribution in [1.82, 2.24) is 4.98 Å². The minimum atomic E-state index is -2.45. The van der Waals surface area contributed by atoms with E-state index in [9.17, 15) is 0 Å². The van der Waals surface area contributed by atoms with Gasteiger partial charge in [0.05, 0.1) is 5.69 Å². The van der Waals surface area contributed by atoms with E-state index in [1.54, 1.807) is 0 Å². The van der Waals surface area contributed by atoms with Gasteiger partial charge in [0.25, 0.3) is 8.32 Å². The fourth-order valence-corrected chi connectivity index (χ4v) is 8.53. The first-order chi connectivity index (χ1) is 13.9. The van der Waals surface area contributed by atoms with E-state index >= 15 is 0 Å². The van der Waals surface area contributed by atoms with E-state index in [0.29, 0.717) is 6.61 Å². The first-order valence-electron chi connectivity index (χ1n) is 10.3. The van der Waals surface area contributed by atoms with Gasteiger partial charge in [0.15, 0.2) is 0 Å². The predicted molar refractivity (Wildman–Crippen MR) is 126 cm³/mol. The minimum absolute atomic E-state index is 0.00938. The Morgan fingerprint density at radius 2 is 1.41 bits per heavy atom. The maximum absolute atomic E-state index is 6.93. The fourth-order valence-electron chi connectivity index (χ4n) is 3.95. The van der Waals surface area contributed by atoms with Crippen LogP contribution < -0.4 is 10.4 Å². The number of hydrogen-bond donors (Lipinski definition) is 0. The molecule has 0 unspecified atom stereocenters. The molecule has 3 rings (SSSR count). The topological polar surface area (TPSA) is 22.1 Å². The maximum Gasteiger partial charge on any atom is 0.261 e. The molecule has 0 amide bonds. The van der Waals surface area contributed by atoms with E-state index < -0.39 is 8.32 Å². The van der Waals surface area contributed by atoms with Gasteiger partial charge in [-0.15, -0.1) is 0 Å². The van der Waals surface area contributed by atoms with Gasteiger partial charge < -0.3 is 4.43 Å². The zero-order valence-electron chi connectivity index (χ0n) is 17.9. The summed E-state index contributed by atoms with van der Waals surface area (Å²) in [6.07, 6.45) is 4.94. The molecule has 29 heavy (non-hydrogen) atoms. The molecule has 0 radical (unpaired) electrons. The third-order valence-corrected chi connectivity index (χ3v) is 10.4. The molecule has 3 aromatic rings. The Morgan fingerprint density at radius 1 is 0.862 bits per heavy atom. The lowest BCUT2D eigenvalue weighted by Crippen LogP contribution is -2.66. The molecule has 0 atom stereocenters. The molecule has 0 bridgehead atoms. The zero-order valence-corrected chi connectivity index (χ0v) is 18.9. The van der Waals surface area contributed by atoms with Crippen LogP contribution in [0.3, 0.4) is 0 Å². The molecule has 1 heterocycles. The summed E-state index contributed by atoms with van der Waals surface area (Å²) in [6.45, 7) is 9.75. The summed E-state index contributed by atoms with van der Waals surface area (Å²) in [6, 6.07) is 27.6. The average Bonchev–Trinajstić information content (AvgIpc) is 2.74. The van der Waals surface area contributed by atoms with Gasteiger partial charge in [-0.1, -0.05) is 93.6 Å². The van der Waals surface area contributed by atoms with Gasteiger partial charge >= 0.3 is 0 Å². The molecule has 2 aromatic carbocycles. The van der Waals surface area contributed by atoms with Crippen LogP contribution in [0, 0.1) is 0 Å². The van der Waals surface area contributed by atoms with E-state index in [4.69, 9.17) is 4.43 Å². The number of aromatic nitrogens is 1. The summed E-state index contributed by atoms with van der Waals surface area (Å²) in [5.41, 5.74) is 2.22. The van der Waals surface area contributed by atoms with Crippen LogP contribution in [-0.4, -0.2) is 19.9 Å². The second-order valence-electron chi connectivity index (χ2n) is 8.40. The molecular weight excluding hydrogens is 370 g/mol. The summed E-state index contributed by atoms with van der Waals surface area (Å²) >= 11 is 0. The molecule has 0 saturated heterocycles. The molecular formula is C26H31NOSi. The van der Waals surface area contributed by atoms with E-state index in [0.717, 1.165) is 12.1 Å². The van der Waals surface area contributed by atoms with Crippen LogP contribution in [-0.2, 0) is 4.43 Å². The van der Waals surface area contributed by atoms with Crippen molar-refractivity contribution in [1.29, 1.82) is 0 Å². The van der Waals surface area contributed by atoms with E-state index in [1.165, 1.54) is 15.9 Å². The lowest BCUT2D eigenvalue weighted by molar-refractivity contribution is 0.304. The molecule has 150 valence electrons. The third-order valence-electron chi connectivity index (χ3n) is 5.37. The Morgan fingerprint density at radius 3 is 1.90 bits per heavy atom. The Hall–Kier alpha value is -2.49. The normalized spacial score (nSPS) is 12.8. The number of nitrogens with zero attached hydrogens (tertiary/aromatic N) is 1. The number of benzene rings is 2. The smallest absolute Gasteiger partial charge is 0.261 e. The summed E-state index contributed by atoms with van der Waals surface area (Å²) in [7, 11) is -2.45. The van der Waals surface area contributed by atoms with Gasteiger partial charge in [-0.05, 0) is 46.5 Å². The molecule has 0 aliphatic carbocycles. The van der Waals surface area contributed by atoms with Crippen molar-refractivity contribution in [3.63, 3.8) is 0 Å². The Labute approximate surface area is 176 Å². The first kappa shape index (κ1) is 21.2. The largest absolute Gasteiger partial charge is 0.407 e. The van der Waals surface area contributed by atoms with Crippen LogP contribution in [0.25, 0.3) is 5.57 Å². The summed E-state index contributed by atoms with van der Waals surface area (Å²) < 4.78 is 6.93. The van der Waals surface area contributed by atoms with E-state index in [2.05, 4.69) is 105 Å². The second-order valence-corrected chi connectivity index (χ2v) is 12.7. The standard InChI is InChI=1S/C26H31NOSi/c1-22(25-19-11-12-20-27-25)14-13-21-28-29(26(2,3)4,23-15-7-5-8-16-23)24-17-9-6-10-18-24/h5-12,14-20H,13,21H2,1-4H3/b22-14+. The highest BCUT2D eigenvalue weighted by atomic mass is 28.4. The van der Waals surface area contributed by atoms with Crippen molar-refractivity contribution in [2.45, 2.75) is 39.2 Å². The van der Waals surface area contributed by atoms with Gasteiger partial charge in [0.2, 0.25) is 0 Å². The lowest BCUT2D eigenvalue weighted by atomic mass is 10.1. The molecule has 0 fully saturated rings. The summed E-state index contributed by atoms with van der Waals surface area (Å²) in [5.74, 6) is 0. The highest BCUT2D eigenvalue weighted by Crippen LogP contribution is 2.36. The van der Waals surface area contributed by atoms with E-state index in [-0.39, 0.29) is 5.04 Å². The Kier molecular flexibility index (Phi) is 6.83. The monoisotopic (exact) mass is 401 g/mol. The second kappa shape index (κ2) is 9.34. The highest BCUT2D eigenvalue weighted by Gasteiger charge is 2.49. The average molecular weight is 402 g/mol. The zero-order chi connectivity index (χ0) is 20.7. The molecule has 0 saturated carbocycles. The molecule has 2 nitrogen and oxygen atoms in total. The number of rotatable bonds is 7. The van der Waals surface area contributed by atoms with Crippen molar-refractivity contribution in [2.24, 2.45) is 0 Å². The fraction of sp³-hybridized carbons (Fsp3) is 0.269. The maximum atomic E-state index is 6.93. The number of allylic oxidation sites excluding steroid dienone is 1. The minimum Gasteiger partial charge on any atom is -0.407 e. The first-order valence-corrected chi connectivity index (χ1v) is 12.2. The van der Waals surface area contributed by atoms with Crippen LogP contribution in [0.2, 0.25) is 5.04 Å². The summed E-state index contributed by atoms with van der Waals surface area (Å²) in [4.78, 5) is 4.44. The molecule has 0 N–H and O–H groups in total. The Balaban J connectivity index is 1.90. The molecule has 0 spiro atoms. The van der Waals surface area contributed by atoms with Crippen molar-refractivity contribution < 1.29 is 4.43 Å². The molecule has 0 aliphatic heterocycles. The van der Waals surface area contributed by atoms with Gasteiger partial charge in [-0.2, -0.15) is 0 Å². The van der Waals surface area contributed by atoms with Crippen LogP contribution in [0.5, 0.6) is 0 Å². The Bertz CT molecular complexity index is 876. The van der Waals surface area contributed by atoms with Gasteiger partial charge in [0, 0.05) is 12.8 Å². The van der Waals surface area contributed by atoms with E-state index in [1.807, 2.05) is 18.3 Å². The van der Waals surface area contributed by atoms with Crippen LogP contribution in [0.4, 0.5) is 0 Å². The number of hydrogen-bond acceptors (Lipinski definition) is 2. The van der Waals surface area contributed by atoms with Gasteiger partial charge in [-0.3, -0.25) is 4.98 Å². The highest BCUT2D eigenvalue weighted by molar-refractivity contribution is 6.99. The van der Waals surface area contributed by atoms with Crippen molar-refractivity contribution in [2.75, 3.05) is 6.61 Å². The van der Waals surface area contributed by atoms with Crippen LogP contribution in [0.1, 0.15) is 39.8 Å². The van der Waals surface area contributed by atoms with Crippen molar-refractivity contribution in [3.05, 3.63) is 96.8 Å². The third kappa shape index (κ3) is 4.74. The molecule has 0 aliphatic rings. The van der Waals surface area contributed by atoms with Gasteiger partial charge in [-0.25, -0.2) is 0 Å². The predicted octanol–water partition coefficient (Wildman–Crippen LogP) is 5.45. The van der Waals surface area contributed by atoms with Gasteiger partial charge in [0.1, 0.15) is 0 Å². The molecule has 1 aromatic heterocycles. The SMILES string of the molecule is C/C(=C\CCO[Si](c1ccccc1)(c1ccccc1)C(C)(C)C)c1ccccn1. The quantitative estimate of drug-likeness (QED) is 0.388. The van der Waals surface area contributed by atoms with Crippen molar-refractivity contribution in [3.8, 4) is 0 Å². The van der Waals surface area contributed by atoms with Crippen molar-refractivity contribution >= 4 is 24.3 Å². The number of pyridine rings is 1. The lowest BCUT2D eigenvalue weighted by Gasteiger charge is -2.43. The van der Waals surface area contributed by atoms with Crippen LogP contribution >= 0.6 is 0 Å². The van der Waals surface area contributed by atoms with Crippen LogP contribution in [0.15, 0.2) is 91.1 Å².